The summed E-state index contributed by atoms with van der Waals surface area (Å²) in [6, 6.07) is 17.9. The molecule has 9 nitrogen and oxygen atoms in total. The molecule has 2 aromatic carbocycles. The molecule has 39 heavy (non-hydrogen) atoms. The summed E-state index contributed by atoms with van der Waals surface area (Å²) in [6.45, 7) is 9.14. The lowest BCUT2D eigenvalue weighted by Gasteiger charge is -2.29. The zero-order valence-corrected chi connectivity index (χ0v) is 21.7. The lowest BCUT2D eigenvalue weighted by atomic mass is 10.2. The molecule has 1 aliphatic heterocycles. The van der Waals surface area contributed by atoms with Gasteiger partial charge < -0.3 is 25.4 Å². The number of ether oxygens (including phenoxy) is 2. The fourth-order valence-electron chi connectivity index (χ4n) is 4.25. The van der Waals surface area contributed by atoms with Gasteiger partial charge in [0.1, 0.15) is 5.75 Å². The molecule has 3 heterocycles. The largest absolute Gasteiger partial charge is 0.452 e. The minimum absolute atomic E-state index is 0.149. The van der Waals surface area contributed by atoms with E-state index in [1.807, 2.05) is 30.4 Å². The summed E-state index contributed by atoms with van der Waals surface area (Å²) >= 11 is 0. The summed E-state index contributed by atoms with van der Waals surface area (Å²) < 4.78 is 12.9. The van der Waals surface area contributed by atoms with Gasteiger partial charge in [0.25, 0.3) is 5.56 Å². The van der Waals surface area contributed by atoms with Gasteiger partial charge in [0.15, 0.2) is 11.4 Å². The summed E-state index contributed by atoms with van der Waals surface area (Å²) in [5, 5.41) is 3.83. The number of nitrogen functional groups attached to an aromatic ring is 1. The summed E-state index contributed by atoms with van der Waals surface area (Å²) in [7, 11) is 0. The number of fused-ring (bicyclic) bond motifs is 1. The van der Waals surface area contributed by atoms with Crippen molar-refractivity contribution in [2.75, 3.05) is 37.4 Å². The van der Waals surface area contributed by atoms with Crippen molar-refractivity contribution in [2.45, 2.75) is 6.92 Å². The van der Waals surface area contributed by atoms with Crippen LogP contribution in [0.15, 0.2) is 108 Å². The van der Waals surface area contributed by atoms with E-state index >= 15 is 0 Å². The van der Waals surface area contributed by atoms with Crippen molar-refractivity contribution in [3.05, 3.63) is 113 Å². The van der Waals surface area contributed by atoms with Gasteiger partial charge in [0, 0.05) is 41.8 Å². The lowest BCUT2D eigenvalue weighted by molar-refractivity contribution is 0.0537. The average Bonchev–Trinajstić information content (AvgIpc) is 2.96. The number of anilines is 2. The van der Waals surface area contributed by atoms with E-state index in [2.05, 4.69) is 28.7 Å². The van der Waals surface area contributed by atoms with Crippen LogP contribution in [0, 0.1) is 0 Å². The van der Waals surface area contributed by atoms with E-state index in [9.17, 15) is 4.79 Å². The number of hydrogen-bond donors (Lipinski definition) is 2. The minimum Gasteiger partial charge on any atom is -0.452 e. The number of para-hydroxylation sites is 1. The van der Waals surface area contributed by atoms with Crippen LogP contribution in [0.4, 0.5) is 11.6 Å². The Hall–Kier alpha value is -4.89. The number of rotatable bonds is 8. The van der Waals surface area contributed by atoms with Gasteiger partial charge in [-0.25, -0.2) is 4.98 Å². The Morgan fingerprint density at radius 1 is 1.10 bits per heavy atom. The van der Waals surface area contributed by atoms with Gasteiger partial charge in [-0.1, -0.05) is 30.8 Å². The van der Waals surface area contributed by atoms with Crippen molar-refractivity contribution < 1.29 is 9.47 Å². The van der Waals surface area contributed by atoms with Crippen molar-refractivity contribution in [1.82, 2.24) is 19.4 Å². The number of hydrogen-bond acceptors (Lipinski definition) is 8. The number of nitrogens with two attached hydrogens (primary N) is 1. The molecule has 0 spiro atoms. The first-order chi connectivity index (χ1) is 19.0. The van der Waals surface area contributed by atoms with Crippen LogP contribution in [0.2, 0.25) is 0 Å². The maximum absolute atomic E-state index is 13.7. The molecule has 0 bridgehead atoms. The zero-order valence-electron chi connectivity index (χ0n) is 21.7. The first-order valence-corrected chi connectivity index (χ1v) is 12.6. The van der Waals surface area contributed by atoms with E-state index in [1.54, 1.807) is 54.7 Å². The Bertz CT molecular complexity index is 1600. The number of benzene rings is 2. The number of pyridine rings is 1. The normalized spacial score (nSPS) is 14.3. The first-order valence-electron chi connectivity index (χ1n) is 12.6. The Morgan fingerprint density at radius 3 is 2.64 bits per heavy atom. The van der Waals surface area contributed by atoms with E-state index in [0.29, 0.717) is 39.8 Å². The molecule has 4 aromatic rings. The standard InChI is InChI=1S/C30H30N6O3/c1-3-24(13-12-21(2)35-14-16-38-17-15-35)33-30-32-20-22-18-27(39-26-10-5-4-6-11-26)29(37)36(28(22)34-30)25-9-7-8-23(31)19-25/h3-13,18-20H,1,14-17,31H2,2H3,(H,32,33,34)/b21-12+,24-13+. The van der Waals surface area contributed by atoms with E-state index < -0.39 is 0 Å². The number of nitrogens with one attached hydrogen (secondary N) is 1. The number of nitrogens with zero attached hydrogens (tertiary/aromatic N) is 4. The zero-order chi connectivity index (χ0) is 27.2. The molecule has 0 unspecified atom stereocenters. The van der Waals surface area contributed by atoms with E-state index in [-0.39, 0.29) is 11.3 Å². The van der Waals surface area contributed by atoms with E-state index in [4.69, 9.17) is 20.2 Å². The maximum atomic E-state index is 13.7. The smallest absolute Gasteiger partial charge is 0.299 e. The van der Waals surface area contributed by atoms with Crippen molar-refractivity contribution in [2.24, 2.45) is 0 Å². The predicted octanol–water partition coefficient (Wildman–Crippen LogP) is 4.87. The predicted molar refractivity (Wildman–Crippen MR) is 154 cm³/mol. The number of aromatic nitrogens is 3. The number of morpholine rings is 1. The second kappa shape index (κ2) is 11.7. The first kappa shape index (κ1) is 25.7. The summed E-state index contributed by atoms with van der Waals surface area (Å²) in [5.74, 6) is 1.02. The van der Waals surface area contributed by atoms with Crippen LogP contribution in [0.5, 0.6) is 11.5 Å². The van der Waals surface area contributed by atoms with Crippen LogP contribution < -0.4 is 21.3 Å². The van der Waals surface area contributed by atoms with E-state index in [0.717, 1.165) is 32.0 Å². The van der Waals surface area contributed by atoms with Crippen LogP contribution in [-0.4, -0.2) is 45.7 Å². The third kappa shape index (κ3) is 6.00. The molecule has 0 saturated carbocycles. The molecule has 0 atom stereocenters. The second-order valence-electron chi connectivity index (χ2n) is 8.99. The van der Waals surface area contributed by atoms with Gasteiger partial charge in [0.2, 0.25) is 5.95 Å². The van der Waals surface area contributed by atoms with Crippen molar-refractivity contribution in [3.63, 3.8) is 0 Å². The monoisotopic (exact) mass is 522 g/mol. The topological polar surface area (TPSA) is 108 Å². The molecule has 9 heteroatoms. The Labute approximate surface area is 226 Å². The maximum Gasteiger partial charge on any atom is 0.299 e. The fraction of sp³-hybridized carbons (Fsp3) is 0.167. The van der Waals surface area contributed by atoms with Crippen molar-refractivity contribution in [1.29, 1.82) is 0 Å². The van der Waals surface area contributed by atoms with Crippen LogP contribution in [0.3, 0.4) is 0 Å². The molecule has 1 fully saturated rings. The molecule has 1 aliphatic rings. The van der Waals surface area contributed by atoms with Gasteiger partial charge in [-0.3, -0.25) is 9.36 Å². The lowest BCUT2D eigenvalue weighted by Crippen LogP contribution is -2.34. The van der Waals surface area contributed by atoms with Crippen LogP contribution >= 0.6 is 0 Å². The van der Waals surface area contributed by atoms with Crippen LogP contribution in [0.1, 0.15) is 6.92 Å². The quantitative estimate of drug-likeness (QED) is 0.249. The Morgan fingerprint density at radius 2 is 1.90 bits per heavy atom. The molecular weight excluding hydrogens is 492 g/mol. The van der Waals surface area contributed by atoms with Gasteiger partial charge in [-0.05, 0) is 61.5 Å². The molecule has 198 valence electrons. The molecule has 2 aromatic heterocycles. The highest BCUT2D eigenvalue weighted by molar-refractivity contribution is 5.79. The van der Waals surface area contributed by atoms with Crippen molar-refractivity contribution in [3.8, 4) is 17.2 Å². The number of allylic oxidation sites excluding steroid dienone is 4. The Balaban J connectivity index is 1.54. The van der Waals surface area contributed by atoms with Gasteiger partial charge >= 0.3 is 0 Å². The molecule has 5 rings (SSSR count). The molecular formula is C30H30N6O3. The second-order valence-corrected chi connectivity index (χ2v) is 8.99. The average molecular weight is 523 g/mol. The van der Waals surface area contributed by atoms with Gasteiger partial charge in [0.05, 0.1) is 18.9 Å². The molecule has 0 radical (unpaired) electrons. The third-order valence-corrected chi connectivity index (χ3v) is 6.30. The van der Waals surface area contributed by atoms with Crippen LogP contribution in [0.25, 0.3) is 16.7 Å². The summed E-state index contributed by atoms with van der Waals surface area (Å²) in [5.41, 5.74) is 9.02. The highest BCUT2D eigenvalue weighted by Gasteiger charge is 2.16. The summed E-state index contributed by atoms with van der Waals surface area (Å²) in [6.07, 6.45) is 7.29. The highest BCUT2D eigenvalue weighted by atomic mass is 16.5. The fourth-order valence-corrected chi connectivity index (χ4v) is 4.25. The Kier molecular flexibility index (Phi) is 7.70. The van der Waals surface area contributed by atoms with Gasteiger partial charge in [-0.15, -0.1) is 0 Å². The molecule has 0 aliphatic carbocycles. The minimum atomic E-state index is -0.370. The van der Waals surface area contributed by atoms with Gasteiger partial charge in [-0.2, -0.15) is 4.98 Å². The molecule has 1 saturated heterocycles. The highest BCUT2D eigenvalue weighted by Crippen LogP contribution is 2.25. The van der Waals surface area contributed by atoms with E-state index in [1.165, 1.54) is 4.57 Å². The molecule has 3 N–H and O–H groups in total. The van der Waals surface area contributed by atoms with Crippen molar-refractivity contribution >= 4 is 22.7 Å². The van der Waals surface area contributed by atoms with Crippen LogP contribution in [-0.2, 0) is 4.74 Å². The summed E-state index contributed by atoms with van der Waals surface area (Å²) in [4.78, 5) is 25.1. The third-order valence-electron chi connectivity index (χ3n) is 6.30. The molecule has 0 amide bonds. The SMILES string of the molecule is C=C/C(=C\C=C(/C)N1CCOCC1)Nc1ncc2cc(Oc3ccccc3)c(=O)n(-c3cccc(N)c3)c2n1.